The average Bonchev–Trinajstić information content (AvgIpc) is 2.34. The summed E-state index contributed by atoms with van der Waals surface area (Å²) in [7, 11) is 0. The summed E-state index contributed by atoms with van der Waals surface area (Å²) in [5, 5.41) is 28.8. The second-order valence-corrected chi connectivity index (χ2v) is 4.02. The lowest BCUT2D eigenvalue weighted by atomic mass is 10.1. The molecule has 1 unspecified atom stereocenters. The third-order valence-corrected chi connectivity index (χ3v) is 2.43. The molecular weight excluding hydrogens is 283 g/mol. The topological polar surface area (TPSA) is 92.8 Å². The van der Waals surface area contributed by atoms with Crippen molar-refractivity contribution in [3.05, 3.63) is 33.9 Å². The molecule has 0 aliphatic rings. The van der Waals surface area contributed by atoms with Gasteiger partial charge in [0.05, 0.1) is 11.0 Å². The second-order valence-electron chi connectivity index (χ2n) is 4.02. The van der Waals surface area contributed by atoms with Crippen molar-refractivity contribution in [1.82, 2.24) is 0 Å². The van der Waals surface area contributed by atoms with Crippen LogP contribution >= 0.6 is 0 Å². The van der Waals surface area contributed by atoms with Crippen LogP contribution in [0.3, 0.4) is 0 Å². The number of halogens is 3. The molecule has 0 amide bonds. The standard InChI is InChI=1S/C11H12F3NO5/c1-6(16)8-4-7(15(18)19)2-3-9(8)20-5-10(17)11(12,13)14/h2-4,6,10,16-17H,5H2,1H3/t6-,10?/m0/s1. The molecule has 0 bridgehead atoms. The molecule has 0 fully saturated rings. The van der Waals surface area contributed by atoms with Crippen molar-refractivity contribution in [3.63, 3.8) is 0 Å². The predicted molar refractivity (Wildman–Crippen MR) is 61.3 cm³/mol. The fourth-order valence-corrected chi connectivity index (χ4v) is 1.37. The summed E-state index contributed by atoms with van der Waals surface area (Å²) in [5.41, 5.74) is -0.363. The largest absolute Gasteiger partial charge is 0.490 e. The van der Waals surface area contributed by atoms with Gasteiger partial charge in [-0.05, 0) is 13.0 Å². The van der Waals surface area contributed by atoms with Crippen LogP contribution in [0.25, 0.3) is 0 Å². The molecule has 0 saturated carbocycles. The van der Waals surface area contributed by atoms with Gasteiger partial charge >= 0.3 is 6.18 Å². The minimum absolute atomic E-state index is 0.0337. The van der Waals surface area contributed by atoms with Gasteiger partial charge in [-0.15, -0.1) is 0 Å². The van der Waals surface area contributed by atoms with Gasteiger partial charge in [-0.3, -0.25) is 10.1 Å². The first kappa shape index (κ1) is 16.2. The van der Waals surface area contributed by atoms with Gasteiger partial charge in [0.25, 0.3) is 5.69 Å². The van der Waals surface area contributed by atoms with E-state index >= 15 is 0 Å². The van der Waals surface area contributed by atoms with Crippen molar-refractivity contribution in [2.45, 2.75) is 25.3 Å². The van der Waals surface area contributed by atoms with E-state index in [0.29, 0.717) is 0 Å². The van der Waals surface area contributed by atoms with Crippen LogP contribution in [0.4, 0.5) is 18.9 Å². The maximum absolute atomic E-state index is 12.1. The van der Waals surface area contributed by atoms with Crippen molar-refractivity contribution in [2.75, 3.05) is 6.61 Å². The Morgan fingerprint density at radius 1 is 1.40 bits per heavy atom. The molecule has 1 aromatic carbocycles. The van der Waals surface area contributed by atoms with Gasteiger partial charge < -0.3 is 14.9 Å². The Labute approximate surface area is 111 Å². The van der Waals surface area contributed by atoms with Gasteiger partial charge in [0, 0.05) is 17.7 Å². The molecule has 0 spiro atoms. The molecular formula is C11H12F3NO5. The highest BCUT2D eigenvalue weighted by atomic mass is 19.4. The number of aliphatic hydroxyl groups is 2. The van der Waals surface area contributed by atoms with Crippen molar-refractivity contribution in [2.24, 2.45) is 0 Å². The predicted octanol–water partition coefficient (Wildman–Crippen LogP) is 1.95. The fourth-order valence-electron chi connectivity index (χ4n) is 1.37. The van der Waals surface area contributed by atoms with E-state index in [-0.39, 0.29) is 17.0 Å². The van der Waals surface area contributed by atoms with Gasteiger partial charge in [0.1, 0.15) is 12.4 Å². The first-order chi connectivity index (χ1) is 9.12. The maximum Gasteiger partial charge on any atom is 0.417 e. The van der Waals surface area contributed by atoms with Crippen LogP contribution in [0.15, 0.2) is 18.2 Å². The highest BCUT2D eigenvalue weighted by Crippen LogP contribution is 2.30. The van der Waals surface area contributed by atoms with E-state index in [1.54, 1.807) is 0 Å². The summed E-state index contributed by atoms with van der Waals surface area (Å²) < 4.78 is 41.1. The lowest BCUT2D eigenvalue weighted by molar-refractivity contribution is -0.385. The number of aliphatic hydroxyl groups excluding tert-OH is 2. The van der Waals surface area contributed by atoms with E-state index < -0.39 is 29.9 Å². The van der Waals surface area contributed by atoms with E-state index in [1.807, 2.05) is 0 Å². The molecule has 0 saturated heterocycles. The first-order valence-electron chi connectivity index (χ1n) is 5.47. The molecule has 9 heteroatoms. The van der Waals surface area contributed by atoms with Crippen molar-refractivity contribution >= 4 is 5.69 Å². The lowest BCUT2D eigenvalue weighted by Gasteiger charge is -2.17. The van der Waals surface area contributed by atoms with Crippen molar-refractivity contribution in [1.29, 1.82) is 0 Å². The number of nitrogens with zero attached hydrogens (tertiary/aromatic N) is 1. The van der Waals surface area contributed by atoms with E-state index in [1.165, 1.54) is 6.92 Å². The monoisotopic (exact) mass is 295 g/mol. The van der Waals surface area contributed by atoms with Gasteiger partial charge in [0.2, 0.25) is 0 Å². The van der Waals surface area contributed by atoms with Crippen LogP contribution in [-0.2, 0) is 0 Å². The number of ether oxygens (including phenoxy) is 1. The average molecular weight is 295 g/mol. The zero-order chi connectivity index (χ0) is 15.5. The summed E-state index contributed by atoms with van der Waals surface area (Å²) in [6.45, 7) is 0.215. The summed E-state index contributed by atoms with van der Waals surface area (Å²) in [6.07, 6.45) is -8.68. The number of non-ortho nitro benzene ring substituents is 1. The van der Waals surface area contributed by atoms with Crippen LogP contribution in [-0.4, -0.2) is 34.0 Å². The number of alkyl halides is 3. The van der Waals surface area contributed by atoms with E-state index in [9.17, 15) is 28.4 Å². The molecule has 0 aliphatic heterocycles. The zero-order valence-electron chi connectivity index (χ0n) is 10.3. The molecule has 0 radical (unpaired) electrons. The van der Waals surface area contributed by atoms with Crippen LogP contribution in [0, 0.1) is 10.1 Å². The Morgan fingerprint density at radius 2 is 2.00 bits per heavy atom. The smallest absolute Gasteiger partial charge is 0.417 e. The molecule has 1 rings (SSSR count). The van der Waals surface area contributed by atoms with Crippen LogP contribution < -0.4 is 4.74 Å². The number of hydrogen-bond donors (Lipinski definition) is 2. The molecule has 0 aliphatic carbocycles. The summed E-state index contributed by atoms with van der Waals surface area (Å²) >= 11 is 0. The molecule has 6 nitrogen and oxygen atoms in total. The van der Waals surface area contributed by atoms with E-state index in [4.69, 9.17) is 9.84 Å². The van der Waals surface area contributed by atoms with Gasteiger partial charge in [-0.2, -0.15) is 13.2 Å². The van der Waals surface area contributed by atoms with Crippen LogP contribution in [0.5, 0.6) is 5.75 Å². The number of nitro benzene ring substituents is 1. The van der Waals surface area contributed by atoms with Crippen molar-refractivity contribution in [3.8, 4) is 5.75 Å². The maximum atomic E-state index is 12.1. The Kier molecular flexibility index (Phi) is 4.90. The van der Waals surface area contributed by atoms with Crippen molar-refractivity contribution < 1.29 is 33.0 Å². The van der Waals surface area contributed by atoms with Gasteiger partial charge in [-0.25, -0.2) is 0 Å². The quantitative estimate of drug-likeness (QED) is 0.639. The van der Waals surface area contributed by atoms with Crippen LogP contribution in [0.2, 0.25) is 0 Å². The number of benzene rings is 1. The molecule has 0 aromatic heterocycles. The Morgan fingerprint density at radius 3 is 2.45 bits per heavy atom. The summed E-state index contributed by atoms with van der Waals surface area (Å²) in [5.74, 6) is -0.158. The SMILES string of the molecule is C[C@H](O)c1cc([N+](=O)[O-])ccc1OCC(O)C(F)(F)F. The fraction of sp³-hybridized carbons (Fsp3) is 0.455. The molecule has 112 valence electrons. The minimum atomic E-state index is -4.83. The Hall–Kier alpha value is -1.87. The molecule has 2 atom stereocenters. The third kappa shape index (κ3) is 4.07. The highest BCUT2D eigenvalue weighted by molar-refractivity contribution is 5.44. The third-order valence-electron chi connectivity index (χ3n) is 2.43. The Balaban J connectivity index is 2.92. The number of rotatable bonds is 5. The number of nitro groups is 1. The van der Waals surface area contributed by atoms with Gasteiger partial charge in [0.15, 0.2) is 6.10 Å². The summed E-state index contributed by atoms with van der Waals surface area (Å²) in [6, 6.07) is 3.10. The Bertz CT molecular complexity index is 489. The highest BCUT2D eigenvalue weighted by Gasteiger charge is 2.38. The molecule has 20 heavy (non-hydrogen) atoms. The van der Waals surface area contributed by atoms with E-state index in [2.05, 4.69) is 0 Å². The first-order valence-corrected chi connectivity index (χ1v) is 5.47. The zero-order valence-corrected chi connectivity index (χ0v) is 10.3. The molecule has 1 aromatic rings. The minimum Gasteiger partial charge on any atom is -0.490 e. The van der Waals surface area contributed by atoms with Gasteiger partial charge in [-0.1, -0.05) is 0 Å². The number of hydrogen-bond acceptors (Lipinski definition) is 5. The van der Waals surface area contributed by atoms with Crippen LogP contribution in [0.1, 0.15) is 18.6 Å². The molecule has 0 heterocycles. The molecule has 2 N–H and O–H groups in total. The lowest BCUT2D eigenvalue weighted by Crippen LogP contribution is -2.34. The normalized spacial score (nSPS) is 14.7. The summed E-state index contributed by atoms with van der Waals surface area (Å²) in [4.78, 5) is 9.87. The second kappa shape index (κ2) is 6.06. The van der Waals surface area contributed by atoms with E-state index in [0.717, 1.165) is 18.2 Å².